The summed E-state index contributed by atoms with van der Waals surface area (Å²) >= 11 is 0. The lowest BCUT2D eigenvalue weighted by molar-refractivity contribution is -0.689. The third kappa shape index (κ3) is 14.8. The van der Waals surface area contributed by atoms with Crippen molar-refractivity contribution in [3.63, 3.8) is 0 Å². The number of nitro groups is 1. The molecule has 7 nitrogen and oxygen atoms in total. The Hall–Kier alpha value is -8.35. The first-order valence-electron chi connectivity index (χ1n) is 22.1. The zero-order chi connectivity index (χ0) is 61.6. The SMILES string of the molecule is FC(F)(F)c1cc([B-](c2cc(C(F)(F)F)cc(C(F)(F)F)c2)(c2cc(C(F)(F)F)cc(C(F)(F)F)c2)c2cc(C(F)(F)F)cc(C(F)(F)F)c2)cc(C(F)(F)F)c1.O=C(Oc1cccc([N+](=O)[O-])c1)c1c[n+](Cc2ccccc2)ccn1. The minimum absolute atomic E-state index is 0.0967. The van der Waals surface area contributed by atoms with E-state index in [0.29, 0.717) is 6.54 Å². The van der Waals surface area contributed by atoms with E-state index in [-0.39, 0.29) is 17.1 Å². The highest BCUT2D eigenvalue weighted by Crippen LogP contribution is 2.41. The van der Waals surface area contributed by atoms with Gasteiger partial charge in [0.25, 0.3) is 5.69 Å². The van der Waals surface area contributed by atoms with E-state index < -0.39 is 206 Å². The molecule has 436 valence electrons. The largest absolute Gasteiger partial charge is 0.421 e. The summed E-state index contributed by atoms with van der Waals surface area (Å²) in [5.41, 5.74) is -29.2. The van der Waals surface area contributed by atoms with Crippen molar-refractivity contribution in [3.8, 4) is 5.75 Å². The van der Waals surface area contributed by atoms with Gasteiger partial charge in [-0.1, -0.05) is 84.9 Å². The Morgan fingerprint density at radius 1 is 0.451 bits per heavy atom. The Balaban J connectivity index is 0.000000357. The van der Waals surface area contributed by atoms with Gasteiger partial charge in [0.15, 0.2) is 12.7 Å². The van der Waals surface area contributed by atoms with E-state index in [1.54, 1.807) is 12.4 Å². The van der Waals surface area contributed by atoms with Crippen molar-refractivity contribution in [1.82, 2.24) is 4.98 Å². The molecule has 0 bridgehead atoms. The average molecular weight is 1200 g/mol. The molecule has 0 atom stereocenters. The highest BCUT2D eigenvalue weighted by molar-refractivity contribution is 7.20. The van der Waals surface area contributed by atoms with Gasteiger partial charge < -0.3 is 4.74 Å². The molecule has 1 aromatic heterocycles. The molecule has 0 N–H and O–H groups in total. The van der Waals surface area contributed by atoms with E-state index in [1.165, 1.54) is 30.5 Å². The summed E-state index contributed by atoms with van der Waals surface area (Å²) in [4.78, 5) is 26.5. The van der Waals surface area contributed by atoms with E-state index in [0.717, 1.165) is 5.56 Å². The van der Waals surface area contributed by atoms with Gasteiger partial charge in [0.2, 0.25) is 11.9 Å². The van der Waals surface area contributed by atoms with E-state index in [2.05, 4.69) is 4.98 Å². The molecule has 7 rings (SSSR count). The number of nitro benzene ring substituents is 1. The quantitative estimate of drug-likeness (QED) is 0.0273. The van der Waals surface area contributed by atoms with Crippen LogP contribution >= 0.6 is 0 Å². The Labute approximate surface area is 442 Å². The number of esters is 1. The second kappa shape index (κ2) is 22.2. The smallest absolute Gasteiger partial charge is 0.416 e. The number of aromatic nitrogens is 2. The highest BCUT2D eigenvalue weighted by Gasteiger charge is 2.47. The number of hydrogen-bond donors (Lipinski definition) is 0. The van der Waals surface area contributed by atoms with Crippen molar-refractivity contribution in [1.29, 1.82) is 0 Å². The molecule has 0 fully saturated rings. The molecule has 7 aromatic rings. The fourth-order valence-corrected chi connectivity index (χ4v) is 8.32. The van der Waals surface area contributed by atoms with Gasteiger partial charge in [-0.05, 0) is 30.3 Å². The van der Waals surface area contributed by atoms with Crippen LogP contribution in [0.5, 0.6) is 5.75 Å². The molecule has 0 saturated carbocycles. The van der Waals surface area contributed by atoms with Gasteiger partial charge in [0.1, 0.15) is 11.9 Å². The summed E-state index contributed by atoms with van der Waals surface area (Å²) < 4.78 is 348. The molecular weight excluding hydrogens is 1170 g/mol. The minimum Gasteiger partial charge on any atom is -0.421 e. The Morgan fingerprint density at radius 3 is 1.06 bits per heavy atom. The molecule has 0 aliphatic heterocycles. The Morgan fingerprint density at radius 2 is 0.768 bits per heavy atom. The maximum atomic E-state index is 14.2. The van der Waals surface area contributed by atoms with Gasteiger partial charge in [-0.3, -0.25) is 10.1 Å². The van der Waals surface area contributed by atoms with Crippen LogP contribution in [0.25, 0.3) is 0 Å². The third-order valence-electron chi connectivity index (χ3n) is 11.9. The van der Waals surface area contributed by atoms with E-state index >= 15 is 0 Å². The second-order valence-electron chi connectivity index (χ2n) is 17.5. The zero-order valence-electron chi connectivity index (χ0n) is 39.7. The first-order chi connectivity index (χ1) is 37.4. The summed E-state index contributed by atoms with van der Waals surface area (Å²) in [7, 11) is 0. The van der Waals surface area contributed by atoms with Gasteiger partial charge in [-0.15, -0.1) is 0 Å². The summed E-state index contributed by atoms with van der Waals surface area (Å²) in [6, 6.07) is 6.41. The van der Waals surface area contributed by atoms with Gasteiger partial charge in [-0.25, -0.2) is 9.78 Å². The minimum atomic E-state index is -6.13. The van der Waals surface area contributed by atoms with Crippen LogP contribution in [-0.4, -0.2) is 22.0 Å². The van der Waals surface area contributed by atoms with Gasteiger partial charge >= 0.3 is 55.4 Å². The molecular formula is C50H26BF24N3O4. The lowest BCUT2D eigenvalue weighted by atomic mass is 9.12. The predicted molar refractivity (Wildman–Crippen MR) is 238 cm³/mol. The molecule has 1 heterocycles. The topological polar surface area (TPSA) is 86.2 Å². The summed E-state index contributed by atoms with van der Waals surface area (Å²) in [6.45, 7) is 0.584. The van der Waals surface area contributed by atoms with E-state index in [1.807, 2.05) is 34.9 Å². The van der Waals surface area contributed by atoms with Crippen molar-refractivity contribution in [2.75, 3.05) is 0 Å². The van der Waals surface area contributed by atoms with Crippen LogP contribution in [0.1, 0.15) is 60.6 Å². The van der Waals surface area contributed by atoms with Crippen molar-refractivity contribution < 1.29 is 124 Å². The first kappa shape index (κ1) is 62.8. The van der Waals surface area contributed by atoms with Crippen LogP contribution in [-0.2, 0) is 56.0 Å². The zero-order valence-corrected chi connectivity index (χ0v) is 39.7. The fraction of sp³-hybridized carbons (Fsp3) is 0.180. The normalized spacial score (nSPS) is 13.1. The molecule has 0 amide bonds. The van der Waals surface area contributed by atoms with Crippen molar-refractivity contribution in [2.45, 2.75) is 56.0 Å². The monoisotopic (exact) mass is 1200 g/mol. The molecule has 32 heteroatoms. The number of hydrogen-bond acceptors (Lipinski definition) is 5. The molecule has 0 aliphatic carbocycles. The van der Waals surface area contributed by atoms with Crippen LogP contribution in [0.15, 0.2) is 146 Å². The molecule has 82 heavy (non-hydrogen) atoms. The number of ether oxygens (including phenoxy) is 1. The second-order valence-corrected chi connectivity index (χ2v) is 17.5. The fourth-order valence-electron chi connectivity index (χ4n) is 8.32. The number of alkyl halides is 24. The molecule has 0 radical (unpaired) electrons. The highest BCUT2D eigenvalue weighted by atomic mass is 19.4. The average Bonchev–Trinajstić information content (AvgIpc) is 1.10. The lowest BCUT2D eigenvalue weighted by Gasteiger charge is -2.46. The Kier molecular flexibility index (Phi) is 17.0. The number of carbonyl (C=O) groups is 1. The number of nitrogens with zero attached hydrogens (tertiary/aromatic N) is 3. The predicted octanol–water partition coefficient (Wildman–Crippen LogP) is 13.8. The number of halogens is 24. The third-order valence-corrected chi connectivity index (χ3v) is 11.9. The molecule has 0 aliphatic rings. The van der Waals surface area contributed by atoms with E-state index in [9.17, 15) is 120 Å². The summed E-state index contributed by atoms with van der Waals surface area (Å²) in [6.07, 6.45) is -50.0. The van der Waals surface area contributed by atoms with Crippen LogP contribution in [0.3, 0.4) is 0 Å². The van der Waals surface area contributed by atoms with Crippen molar-refractivity contribution >= 4 is 39.7 Å². The number of non-ortho nitro benzene ring substituents is 1. The van der Waals surface area contributed by atoms with Crippen molar-refractivity contribution in [2.24, 2.45) is 0 Å². The van der Waals surface area contributed by atoms with Crippen LogP contribution in [0, 0.1) is 10.1 Å². The first-order valence-corrected chi connectivity index (χ1v) is 22.1. The standard InChI is InChI=1S/C32H12BF24.C18H14N3O4/c34-25(35,36)13-1-14(26(37,38)39)6-21(5-13)33(22-7-15(27(40,41)42)2-16(8-22)28(43,44)45,23-9-17(29(46,47)48)3-18(10-23)30(49,50)51)24-11-19(31(52,53)54)4-20(12-24)32(55,56)57;22-18(25-16-8-4-7-15(11-16)21(23)24)17-13-20(10-9-19-17)12-14-5-2-1-3-6-14/h1-12H;1-11,13H,12H2/q-1;+1. The van der Waals surface area contributed by atoms with E-state index in [4.69, 9.17) is 4.74 Å². The lowest BCUT2D eigenvalue weighted by Crippen LogP contribution is -2.75. The number of carbonyl (C=O) groups excluding carboxylic acids is 1. The van der Waals surface area contributed by atoms with Crippen molar-refractivity contribution in [3.05, 3.63) is 212 Å². The van der Waals surface area contributed by atoms with Gasteiger partial charge in [-0.2, -0.15) is 132 Å². The van der Waals surface area contributed by atoms with Crippen LogP contribution in [0.4, 0.5) is 111 Å². The molecule has 0 spiro atoms. The maximum absolute atomic E-state index is 14.2. The molecule has 6 aromatic carbocycles. The maximum Gasteiger partial charge on any atom is 0.416 e. The number of benzene rings is 6. The van der Waals surface area contributed by atoms with Gasteiger partial charge in [0, 0.05) is 11.6 Å². The van der Waals surface area contributed by atoms with Crippen LogP contribution < -0.4 is 31.2 Å². The molecule has 0 saturated heterocycles. The van der Waals surface area contributed by atoms with Crippen LogP contribution in [0.2, 0.25) is 0 Å². The molecule has 0 unspecified atom stereocenters. The summed E-state index contributed by atoms with van der Waals surface area (Å²) in [5.74, 6) is -0.581. The summed E-state index contributed by atoms with van der Waals surface area (Å²) in [5, 5.41) is 10.8. The van der Waals surface area contributed by atoms with Gasteiger partial charge in [0.05, 0.1) is 61.7 Å². The number of rotatable bonds is 9. The Bertz CT molecular complexity index is 3060.